The SMILES string of the molecule is CCS(=O)(=O)N(C)CC(=O)Nc1cccc(Br)c1. The van der Waals surface area contributed by atoms with Crippen LogP contribution in [0.15, 0.2) is 28.7 Å². The Morgan fingerprint density at radius 1 is 1.44 bits per heavy atom. The third-order valence-electron chi connectivity index (χ3n) is 2.31. The van der Waals surface area contributed by atoms with Gasteiger partial charge in [0, 0.05) is 17.2 Å². The highest BCUT2D eigenvalue weighted by atomic mass is 79.9. The Bertz CT molecular complexity index is 531. The molecule has 0 spiro atoms. The van der Waals surface area contributed by atoms with Crippen LogP contribution in [-0.4, -0.2) is 38.0 Å². The van der Waals surface area contributed by atoms with Gasteiger partial charge in [0.15, 0.2) is 0 Å². The van der Waals surface area contributed by atoms with Crippen molar-refractivity contribution in [2.24, 2.45) is 0 Å². The van der Waals surface area contributed by atoms with Gasteiger partial charge in [-0.05, 0) is 25.1 Å². The van der Waals surface area contributed by atoms with Gasteiger partial charge >= 0.3 is 0 Å². The predicted octanol–water partition coefficient (Wildman–Crippen LogP) is 1.67. The Kier molecular flexibility index (Phi) is 5.30. The molecule has 7 heteroatoms. The molecule has 0 saturated carbocycles. The van der Waals surface area contributed by atoms with Crippen LogP contribution in [0.4, 0.5) is 5.69 Å². The summed E-state index contributed by atoms with van der Waals surface area (Å²) in [6, 6.07) is 7.10. The fraction of sp³-hybridized carbons (Fsp3) is 0.364. The van der Waals surface area contributed by atoms with Crippen LogP contribution in [0.2, 0.25) is 0 Å². The second-order valence-corrected chi connectivity index (χ2v) is 7.00. The molecule has 0 aromatic heterocycles. The average molecular weight is 335 g/mol. The maximum Gasteiger partial charge on any atom is 0.239 e. The maximum absolute atomic E-state index is 11.7. The number of benzene rings is 1. The van der Waals surface area contributed by atoms with Crippen molar-refractivity contribution >= 4 is 37.5 Å². The van der Waals surface area contributed by atoms with Crippen LogP contribution in [0.3, 0.4) is 0 Å². The van der Waals surface area contributed by atoms with E-state index in [4.69, 9.17) is 0 Å². The number of sulfonamides is 1. The first-order valence-corrected chi connectivity index (χ1v) is 7.75. The minimum absolute atomic E-state index is 0.0202. The number of nitrogens with zero attached hydrogens (tertiary/aromatic N) is 1. The third kappa shape index (κ3) is 4.40. The number of hydrogen-bond donors (Lipinski definition) is 1. The molecule has 0 saturated heterocycles. The van der Waals surface area contributed by atoms with Crippen LogP contribution >= 0.6 is 15.9 Å². The Labute approximate surface area is 115 Å². The molecule has 0 atom stereocenters. The normalized spacial score (nSPS) is 11.6. The third-order valence-corrected chi connectivity index (χ3v) is 4.62. The maximum atomic E-state index is 11.7. The molecule has 1 rings (SSSR count). The first kappa shape index (κ1) is 15.1. The van der Waals surface area contributed by atoms with E-state index in [1.54, 1.807) is 18.2 Å². The molecule has 0 aliphatic heterocycles. The van der Waals surface area contributed by atoms with Crippen LogP contribution < -0.4 is 5.32 Å². The van der Waals surface area contributed by atoms with Crippen molar-refractivity contribution in [2.45, 2.75) is 6.92 Å². The van der Waals surface area contributed by atoms with E-state index in [1.807, 2.05) is 6.07 Å². The number of likely N-dealkylation sites (N-methyl/N-ethyl adjacent to an activating group) is 1. The van der Waals surface area contributed by atoms with E-state index in [0.29, 0.717) is 5.69 Å². The Morgan fingerprint density at radius 2 is 2.11 bits per heavy atom. The Balaban J connectivity index is 2.63. The number of anilines is 1. The lowest BCUT2D eigenvalue weighted by Gasteiger charge is -2.15. The van der Waals surface area contributed by atoms with Gasteiger partial charge < -0.3 is 5.32 Å². The fourth-order valence-corrected chi connectivity index (χ4v) is 2.44. The zero-order valence-corrected chi connectivity index (χ0v) is 12.6. The molecule has 1 aromatic rings. The molecule has 1 aromatic carbocycles. The average Bonchev–Trinajstić information content (AvgIpc) is 2.28. The lowest BCUT2D eigenvalue weighted by atomic mass is 10.3. The van der Waals surface area contributed by atoms with Gasteiger partial charge in [0.05, 0.1) is 12.3 Å². The summed E-state index contributed by atoms with van der Waals surface area (Å²) in [7, 11) is -1.94. The zero-order chi connectivity index (χ0) is 13.8. The van der Waals surface area contributed by atoms with E-state index < -0.39 is 10.0 Å². The molecule has 0 heterocycles. The molecule has 0 fully saturated rings. The fourth-order valence-electron chi connectivity index (χ4n) is 1.29. The Morgan fingerprint density at radius 3 is 2.67 bits per heavy atom. The number of hydrogen-bond acceptors (Lipinski definition) is 3. The van der Waals surface area contributed by atoms with Crippen molar-refractivity contribution in [3.8, 4) is 0 Å². The van der Waals surface area contributed by atoms with Gasteiger partial charge in [-0.15, -0.1) is 0 Å². The van der Waals surface area contributed by atoms with Crippen molar-refractivity contribution in [2.75, 3.05) is 24.7 Å². The van der Waals surface area contributed by atoms with Crippen molar-refractivity contribution in [3.63, 3.8) is 0 Å². The molecular formula is C11H15BrN2O3S. The smallest absolute Gasteiger partial charge is 0.239 e. The van der Waals surface area contributed by atoms with Crippen LogP contribution in [0.5, 0.6) is 0 Å². The van der Waals surface area contributed by atoms with Gasteiger partial charge in [0.25, 0.3) is 0 Å². The zero-order valence-electron chi connectivity index (χ0n) is 10.2. The monoisotopic (exact) mass is 334 g/mol. The summed E-state index contributed by atoms with van der Waals surface area (Å²) in [5.41, 5.74) is 0.622. The molecule has 0 radical (unpaired) electrons. The molecule has 0 aliphatic carbocycles. The summed E-state index contributed by atoms with van der Waals surface area (Å²) < 4.78 is 24.8. The topological polar surface area (TPSA) is 66.5 Å². The number of rotatable bonds is 5. The van der Waals surface area contributed by atoms with Gasteiger partial charge in [-0.1, -0.05) is 22.0 Å². The standard InChI is InChI=1S/C11H15BrN2O3S/c1-3-18(16,17)14(2)8-11(15)13-10-6-4-5-9(12)7-10/h4-7H,3,8H2,1-2H3,(H,13,15). The van der Waals surface area contributed by atoms with Gasteiger partial charge in [0.1, 0.15) is 0 Å². The summed E-state index contributed by atoms with van der Waals surface area (Å²) in [5, 5.41) is 2.63. The molecule has 0 aliphatic rings. The molecule has 5 nitrogen and oxygen atoms in total. The van der Waals surface area contributed by atoms with Crippen molar-refractivity contribution in [1.82, 2.24) is 4.31 Å². The molecular weight excluding hydrogens is 320 g/mol. The number of carbonyl (C=O) groups is 1. The van der Waals surface area contributed by atoms with Crippen LogP contribution in [-0.2, 0) is 14.8 Å². The van der Waals surface area contributed by atoms with Crippen molar-refractivity contribution in [1.29, 1.82) is 0 Å². The highest BCUT2D eigenvalue weighted by Gasteiger charge is 2.18. The van der Waals surface area contributed by atoms with Gasteiger partial charge in [-0.2, -0.15) is 4.31 Å². The number of amides is 1. The quantitative estimate of drug-likeness (QED) is 0.890. The van der Waals surface area contributed by atoms with E-state index >= 15 is 0 Å². The molecule has 0 bridgehead atoms. The minimum atomic E-state index is -3.33. The first-order chi connectivity index (χ1) is 8.35. The number of carbonyl (C=O) groups excluding carboxylic acids is 1. The van der Waals surface area contributed by atoms with Crippen molar-refractivity contribution < 1.29 is 13.2 Å². The Hall–Kier alpha value is -0.920. The van der Waals surface area contributed by atoms with E-state index in [-0.39, 0.29) is 18.2 Å². The summed E-state index contributed by atoms with van der Waals surface area (Å²) >= 11 is 3.29. The predicted molar refractivity (Wildman–Crippen MR) is 74.9 cm³/mol. The van der Waals surface area contributed by atoms with Gasteiger partial charge in [0.2, 0.25) is 15.9 Å². The molecule has 18 heavy (non-hydrogen) atoms. The number of halogens is 1. The van der Waals surface area contributed by atoms with Gasteiger partial charge in [-0.25, -0.2) is 8.42 Å². The first-order valence-electron chi connectivity index (χ1n) is 5.34. The van der Waals surface area contributed by atoms with Crippen LogP contribution in [0, 0.1) is 0 Å². The van der Waals surface area contributed by atoms with Crippen LogP contribution in [0.1, 0.15) is 6.92 Å². The summed E-state index contributed by atoms with van der Waals surface area (Å²) in [6.45, 7) is 1.35. The summed E-state index contributed by atoms with van der Waals surface area (Å²) in [6.07, 6.45) is 0. The summed E-state index contributed by atoms with van der Waals surface area (Å²) in [4.78, 5) is 11.7. The molecule has 1 N–H and O–H groups in total. The minimum Gasteiger partial charge on any atom is -0.325 e. The molecule has 100 valence electrons. The van der Waals surface area contributed by atoms with Gasteiger partial charge in [-0.3, -0.25) is 4.79 Å². The van der Waals surface area contributed by atoms with E-state index in [1.165, 1.54) is 14.0 Å². The van der Waals surface area contributed by atoms with Crippen LogP contribution in [0.25, 0.3) is 0 Å². The second-order valence-electron chi connectivity index (χ2n) is 3.72. The van der Waals surface area contributed by atoms with E-state index in [9.17, 15) is 13.2 Å². The largest absolute Gasteiger partial charge is 0.325 e. The van der Waals surface area contributed by atoms with E-state index in [0.717, 1.165) is 8.78 Å². The highest BCUT2D eigenvalue weighted by Crippen LogP contribution is 2.15. The molecule has 0 unspecified atom stereocenters. The van der Waals surface area contributed by atoms with E-state index in [2.05, 4.69) is 21.2 Å². The second kappa shape index (κ2) is 6.31. The lowest BCUT2D eigenvalue weighted by Crippen LogP contribution is -2.35. The molecule has 1 amide bonds. The lowest BCUT2D eigenvalue weighted by molar-refractivity contribution is -0.116. The summed E-state index contributed by atoms with van der Waals surface area (Å²) in [5.74, 6) is -0.388. The van der Waals surface area contributed by atoms with Crippen molar-refractivity contribution in [3.05, 3.63) is 28.7 Å². The number of nitrogens with one attached hydrogen (secondary N) is 1. The highest BCUT2D eigenvalue weighted by molar-refractivity contribution is 9.10.